The van der Waals surface area contributed by atoms with E-state index in [2.05, 4.69) is 20.8 Å². The van der Waals surface area contributed by atoms with E-state index in [1.54, 1.807) is 0 Å². The number of hydrogen-bond acceptors (Lipinski definition) is 2. The standard InChI is InChI=1S/C16H24O2/c1-15(2,3)11-12-9-7-8-10-13(12)14(17)18-16(4,5)6/h7-10H,11H2,1-6H3. The summed E-state index contributed by atoms with van der Waals surface area (Å²) in [4.78, 5) is 12.1. The fourth-order valence-electron chi connectivity index (χ4n) is 1.78. The Balaban J connectivity index is 2.99. The molecule has 0 aromatic heterocycles. The van der Waals surface area contributed by atoms with E-state index in [0.717, 1.165) is 12.0 Å². The van der Waals surface area contributed by atoms with Gasteiger partial charge in [0.1, 0.15) is 5.60 Å². The Bertz CT molecular complexity index is 419. The summed E-state index contributed by atoms with van der Waals surface area (Å²) in [6.07, 6.45) is 0.864. The van der Waals surface area contributed by atoms with Crippen LogP contribution in [0.5, 0.6) is 0 Å². The van der Waals surface area contributed by atoms with Crippen LogP contribution in [0.1, 0.15) is 57.5 Å². The molecule has 18 heavy (non-hydrogen) atoms. The normalized spacial score (nSPS) is 12.3. The highest BCUT2D eigenvalue weighted by molar-refractivity contribution is 5.91. The van der Waals surface area contributed by atoms with Gasteiger partial charge in [0.05, 0.1) is 5.56 Å². The van der Waals surface area contributed by atoms with Crippen molar-refractivity contribution in [2.45, 2.75) is 53.6 Å². The van der Waals surface area contributed by atoms with E-state index in [4.69, 9.17) is 4.74 Å². The first kappa shape index (κ1) is 14.7. The van der Waals surface area contributed by atoms with Crippen LogP contribution in [0.25, 0.3) is 0 Å². The van der Waals surface area contributed by atoms with Crippen LogP contribution in [-0.4, -0.2) is 11.6 Å². The quantitative estimate of drug-likeness (QED) is 0.732. The van der Waals surface area contributed by atoms with E-state index >= 15 is 0 Å². The summed E-state index contributed by atoms with van der Waals surface area (Å²) in [5.41, 5.74) is 1.44. The average Bonchev–Trinajstić information content (AvgIpc) is 2.12. The van der Waals surface area contributed by atoms with Crippen LogP contribution in [0.3, 0.4) is 0 Å². The number of carbonyl (C=O) groups excluding carboxylic acids is 1. The van der Waals surface area contributed by atoms with Crippen molar-refractivity contribution >= 4 is 5.97 Å². The molecule has 100 valence electrons. The molecule has 0 heterocycles. The van der Waals surface area contributed by atoms with Gasteiger partial charge in [-0.1, -0.05) is 39.0 Å². The predicted octanol–water partition coefficient (Wildman–Crippen LogP) is 4.23. The minimum Gasteiger partial charge on any atom is -0.456 e. The summed E-state index contributed by atoms with van der Waals surface area (Å²) in [6.45, 7) is 12.2. The van der Waals surface area contributed by atoms with Crippen molar-refractivity contribution < 1.29 is 9.53 Å². The van der Waals surface area contributed by atoms with Gasteiger partial charge >= 0.3 is 5.97 Å². The molecule has 0 spiro atoms. The third kappa shape index (κ3) is 4.91. The van der Waals surface area contributed by atoms with Crippen LogP contribution in [-0.2, 0) is 11.2 Å². The smallest absolute Gasteiger partial charge is 0.338 e. The number of ether oxygens (including phenoxy) is 1. The second-order valence-electron chi connectivity index (χ2n) is 6.90. The maximum Gasteiger partial charge on any atom is 0.338 e. The summed E-state index contributed by atoms with van der Waals surface area (Å²) in [7, 11) is 0. The Morgan fingerprint density at radius 3 is 2.11 bits per heavy atom. The van der Waals surface area contributed by atoms with Crippen molar-refractivity contribution in [1.82, 2.24) is 0 Å². The number of esters is 1. The molecule has 0 N–H and O–H groups in total. The van der Waals surface area contributed by atoms with E-state index in [1.807, 2.05) is 45.0 Å². The predicted molar refractivity (Wildman–Crippen MR) is 74.8 cm³/mol. The maximum atomic E-state index is 12.1. The van der Waals surface area contributed by atoms with Crippen molar-refractivity contribution in [2.24, 2.45) is 5.41 Å². The molecule has 0 fully saturated rings. The van der Waals surface area contributed by atoms with Gasteiger partial charge in [-0.15, -0.1) is 0 Å². The molecule has 2 heteroatoms. The maximum absolute atomic E-state index is 12.1. The Kier molecular flexibility index (Phi) is 4.20. The average molecular weight is 248 g/mol. The molecule has 0 bridgehead atoms. The number of carbonyl (C=O) groups is 1. The molecule has 0 atom stereocenters. The molecule has 0 saturated carbocycles. The zero-order chi connectivity index (χ0) is 14.0. The van der Waals surface area contributed by atoms with Gasteiger partial charge < -0.3 is 4.74 Å². The van der Waals surface area contributed by atoms with Crippen molar-refractivity contribution in [1.29, 1.82) is 0 Å². The van der Waals surface area contributed by atoms with E-state index in [1.165, 1.54) is 0 Å². The van der Waals surface area contributed by atoms with Gasteiger partial charge in [-0.05, 0) is 44.2 Å². The minimum atomic E-state index is -0.452. The van der Waals surface area contributed by atoms with E-state index < -0.39 is 5.60 Å². The molecule has 0 aliphatic rings. The third-order valence-electron chi connectivity index (χ3n) is 2.36. The van der Waals surface area contributed by atoms with Gasteiger partial charge in [-0.3, -0.25) is 0 Å². The van der Waals surface area contributed by atoms with Gasteiger partial charge in [0.25, 0.3) is 0 Å². The fourth-order valence-corrected chi connectivity index (χ4v) is 1.78. The monoisotopic (exact) mass is 248 g/mol. The SMILES string of the molecule is CC(C)(C)Cc1ccccc1C(=O)OC(C)(C)C. The molecule has 0 amide bonds. The number of benzene rings is 1. The first-order valence-electron chi connectivity index (χ1n) is 6.40. The number of rotatable bonds is 2. The van der Waals surface area contributed by atoms with Crippen LogP contribution in [0.4, 0.5) is 0 Å². The molecule has 0 aliphatic carbocycles. The van der Waals surface area contributed by atoms with Crippen LogP contribution >= 0.6 is 0 Å². The highest BCUT2D eigenvalue weighted by Gasteiger charge is 2.22. The van der Waals surface area contributed by atoms with Crippen LogP contribution in [0.15, 0.2) is 24.3 Å². The van der Waals surface area contributed by atoms with Crippen molar-refractivity contribution in [3.8, 4) is 0 Å². The molecule has 2 nitrogen and oxygen atoms in total. The molecule has 0 radical (unpaired) electrons. The lowest BCUT2D eigenvalue weighted by Gasteiger charge is -2.23. The Labute approximate surface area is 110 Å². The molecule has 0 unspecified atom stereocenters. The zero-order valence-electron chi connectivity index (χ0n) is 12.3. The molecule has 1 aromatic rings. The zero-order valence-corrected chi connectivity index (χ0v) is 12.3. The Hall–Kier alpha value is -1.31. The second kappa shape index (κ2) is 5.13. The van der Waals surface area contributed by atoms with Crippen LogP contribution < -0.4 is 0 Å². The van der Waals surface area contributed by atoms with E-state index in [9.17, 15) is 4.79 Å². The highest BCUT2D eigenvalue weighted by Crippen LogP contribution is 2.24. The summed E-state index contributed by atoms with van der Waals surface area (Å²) >= 11 is 0. The van der Waals surface area contributed by atoms with Crippen LogP contribution in [0.2, 0.25) is 0 Å². The van der Waals surface area contributed by atoms with Gasteiger partial charge in [-0.25, -0.2) is 4.79 Å². The first-order chi connectivity index (χ1) is 8.08. The summed E-state index contributed by atoms with van der Waals surface area (Å²) in [5, 5.41) is 0. The highest BCUT2D eigenvalue weighted by atomic mass is 16.6. The molecule has 0 aliphatic heterocycles. The lowest BCUT2D eigenvalue weighted by molar-refractivity contribution is 0.00680. The van der Waals surface area contributed by atoms with Gasteiger partial charge in [-0.2, -0.15) is 0 Å². The largest absolute Gasteiger partial charge is 0.456 e. The second-order valence-corrected chi connectivity index (χ2v) is 6.90. The van der Waals surface area contributed by atoms with E-state index in [0.29, 0.717) is 5.56 Å². The lowest BCUT2D eigenvalue weighted by atomic mass is 9.86. The summed E-state index contributed by atoms with van der Waals surface area (Å²) < 4.78 is 5.44. The fraction of sp³-hybridized carbons (Fsp3) is 0.562. The third-order valence-corrected chi connectivity index (χ3v) is 2.36. The molecule has 1 aromatic carbocycles. The molecule has 0 saturated heterocycles. The van der Waals surface area contributed by atoms with Gasteiger partial charge in [0.2, 0.25) is 0 Å². The van der Waals surface area contributed by atoms with Crippen molar-refractivity contribution in [2.75, 3.05) is 0 Å². The summed E-state index contributed by atoms with van der Waals surface area (Å²) in [6, 6.07) is 7.69. The molecular formula is C16H24O2. The summed E-state index contributed by atoms with van der Waals surface area (Å²) in [5.74, 6) is -0.234. The first-order valence-corrected chi connectivity index (χ1v) is 6.40. The minimum absolute atomic E-state index is 0.151. The topological polar surface area (TPSA) is 26.3 Å². The Morgan fingerprint density at radius 1 is 1.06 bits per heavy atom. The van der Waals surface area contributed by atoms with Crippen molar-refractivity contribution in [3.05, 3.63) is 35.4 Å². The molecular weight excluding hydrogens is 224 g/mol. The van der Waals surface area contributed by atoms with Crippen molar-refractivity contribution in [3.63, 3.8) is 0 Å². The lowest BCUT2D eigenvalue weighted by Crippen LogP contribution is -2.25. The molecule has 1 rings (SSSR count). The van der Waals surface area contributed by atoms with E-state index in [-0.39, 0.29) is 11.4 Å². The van der Waals surface area contributed by atoms with Gasteiger partial charge in [0.15, 0.2) is 0 Å². The number of hydrogen-bond donors (Lipinski definition) is 0. The Morgan fingerprint density at radius 2 is 1.61 bits per heavy atom. The van der Waals surface area contributed by atoms with Gasteiger partial charge in [0, 0.05) is 0 Å². The van der Waals surface area contributed by atoms with Crippen LogP contribution in [0, 0.1) is 5.41 Å².